The lowest BCUT2D eigenvalue weighted by Crippen LogP contribution is -2.49. The minimum atomic E-state index is -3.10. The Balaban J connectivity index is 2.33. The molecule has 144 valence electrons. The maximum atomic E-state index is 10.6. The van der Waals surface area contributed by atoms with Crippen LogP contribution in [-0.2, 0) is 4.79 Å². The molecule has 0 aromatic rings. The van der Waals surface area contributed by atoms with Crippen molar-refractivity contribution in [1.29, 1.82) is 0 Å². The fourth-order valence-electron chi connectivity index (χ4n) is 3.37. The van der Waals surface area contributed by atoms with E-state index in [9.17, 15) is 20.1 Å². The van der Waals surface area contributed by atoms with Crippen molar-refractivity contribution in [3.8, 4) is 0 Å². The standard InChI is InChI=1S/C20H34O5/c1-2-3-4-5-6-7-11-16-13-10-14-17(16)12-8-9-15-18(21)20(24,25)19(22)23/h7-9,11,16-18,21,24-25H,2-6,10,12-15H2,1H3,(H,22,23)/b9-8-,11-7+/t16-,17-,18-/m0/s1. The maximum Gasteiger partial charge on any atom is 0.366 e. The minimum Gasteiger partial charge on any atom is -0.477 e. The molecule has 0 bridgehead atoms. The molecule has 0 aromatic heterocycles. The van der Waals surface area contributed by atoms with E-state index >= 15 is 0 Å². The largest absolute Gasteiger partial charge is 0.477 e. The zero-order valence-corrected chi connectivity index (χ0v) is 15.3. The molecule has 3 atom stereocenters. The Morgan fingerprint density at radius 1 is 1.16 bits per heavy atom. The number of carboxylic acids is 1. The Morgan fingerprint density at radius 3 is 2.60 bits per heavy atom. The highest BCUT2D eigenvalue weighted by molar-refractivity contribution is 5.75. The number of carboxylic acid groups (broad SMARTS) is 1. The molecule has 0 radical (unpaired) electrons. The van der Waals surface area contributed by atoms with Gasteiger partial charge >= 0.3 is 5.97 Å². The molecule has 1 rings (SSSR count). The van der Waals surface area contributed by atoms with E-state index in [0.717, 1.165) is 12.8 Å². The van der Waals surface area contributed by atoms with Crippen molar-refractivity contribution in [3.63, 3.8) is 0 Å². The van der Waals surface area contributed by atoms with Gasteiger partial charge in [0.05, 0.1) is 0 Å². The molecule has 1 fully saturated rings. The molecule has 0 aromatic carbocycles. The van der Waals surface area contributed by atoms with Gasteiger partial charge in [0.1, 0.15) is 6.10 Å². The molecule has 5 nitrogen and oxygen atoms in total. The summed E-state index contributed by atoms with van der Waals surface area (Å²) in [5, 5.41) is 36.7. The van der Waals surface area contributed by atoms with Crippen LogP contribution in [0.15, 0.2) is 24.3 Å². The zero-order valence-electron chi connectivity index (χ0n) is 15.3. The number of unbranched alkanes of at least 4 members (excludes halogenated alkanes) is 4. The van der Waals surface area contributed by atoms with Crippen molar-refractivity contribution in [2.75, 3.05) is 0 Å². The summed E-state index contributed by atoms with van der Waals surface area (Å²) in [4.78, 5) is 10.6. The summed E-state index contributed by atoms with van der Waals surface area (Å²) >= 11 is 0. The van der Waals surface area contributed by atoms with E-state index in [1.807, 2.05) is 6.08 Å². The van der Waals surface area contributed by atoms with E-state index in [4.69, 9.17) is 5.11 Å². The van der Waals surface area contributed by atoms with Gasteiger partial charge in [-0.05, 0) is 50.4 Å². The van der Waals surface area contributed by atoms with E-state index in [2.05, 4.69) is 19.1 Å². The fourth-order valence-corrected chi connectivity index (χ4v) is 3.37. The molecule has 0 aliphatic heterocycles. The van der Waals surface area contributed by atoms with Crippen molar-refractivity contribution in [2.24, 2.45) is 11.8 Å². The molecule has 25 heavy (non-hydrogen) atoms. The molecule has 1 saturated carbocycles. The van der Waals surface area contributed by atoms with Crippen LogP contribution in [0.4, 0.5) is 0 Å². The van der Waals surface area contributed by atoms with Crippen LogP contribution in [0.25, 0.3) is 0 Å². The Morgan fingerprint density at radius 2 is 1.92 bits per heavy atom. The SMILES string of the molecule is CCCCCC/C=C/[C@H]1CCC[C@@H]1C/C=C\C[C@H](O)C(O)(O)C(=O)O. The van der Waals surface area contributed by atoms with Crippen molar-refractivity contribution in [2.45, 2.75) is 83.0 Å². The lowest BCUT2D eigenvalue weighted by Gasteiger charge is -2.21. The van der Waals surface area contributed by atoms with E-state index in [1.54, 1.807) is 6.08 Å². The molecule has 0 heterocycles. The van der Waals surface area contributed by atoms with Crippen molar-refractivity contribution < 1.29 is 25.2 Å². The monoisotopic (exact) mass is 354 g/mol. The fraction of sp³-hybridized carbons (Fsp3) is 0.750. The Labute approximate surface area is 151 Å². The topological polar surface area (TPSA) is 98.0 Å². The molecular weight excluding hydrogens is 320 g/mol. The number of aliphatic hydroxyl groups is 3. The van der Waals surface area contributed by atoms with Gasteiger partial charge in [0.25, 0.3) is 5.79 Å². The number of rotatable bonds is 12. The maximum absolute atomic E-state index is 10.6. The smallest absolute Gasteiger partial charge is 0.366 e. The number of aliphatic hydroxyl groups excluding tert-OH is 1. The molecule has 1 aliphatic carbocycles. The van der Waals surface area contributed by atoms with Gasteiger partial charge in [-0.2, -0.15) is 0 Å². The second kappa shape index (κ2) is 11.4. The highest BCUT2D eigenvalue weighted by Gasteiger charge is 2.40. The van der Waals surface area contributed by atoms with Crippen LogP contribution in [-0.4, -0.2) is 38.3 Å². The van der Waals surface area contributed by atoms with Gasteiger partial charge < -0.3 is 20.4 Å². The summed E-state index contributed by atoms with van der Waals surface area (Å²) < 4.78 is 0. The van der Waals surface area contributed by atoms with E-state index in [-0.39, 0.29) is 6.42 Å². The third-order valence-corrected chi connectivity index (χ3v) is 5.07. The number of allylic oxidation sites excluding steroid dienone is 3. The second-order valence-corrected chi connectivity index (χ2v) is 7.12. The highest BCUT2D eigenvalue weighted by atomic mass is 16.6. The number of hydrogen-bond acceptors (Lipinski definition) is 4. The molecule has 0 saturated heterocycles. The summed E-state index contributed by atoms with van der Waals surface area (Å²) in [6.07, 6.45) is 17.1. The van der Waals surface area contributed by atoms with Gasteiger partial charge in [-0.3, -0.25) is 0 Å². The van der Waals surface area contributed by atoms with E-state index < -0.39 is 17.9 Å². The first kappa shape index (κ1) is 21.9. The Bertz CT molecular complexity index is 441. The third-order valence-electron chi connectivity index (χ3n) is 5.07. The van der Waals surface area contributed by atoms with E-state index in [0.29, 0.717) is 11.8 Å². The molecule has 5 heteroatoms. The van der Waals surface area contributed by atoms with Crippen LogP contribution in [0.1, 0.15) is 71.1 Å². The van der Waals surface area contributed by atoms with Crippen LogP contribution in [0, 0.1) is 11.8 Å². The normalized spacial score (nSPS) is 22.9. The van der Waals surface area contributed by atoms with Crippen LogP contribution >= 0.6 is 0 Å². The number of aliphatic carboxylic acids is 1. The lowest BCUT2D eigenvalue weighted by atomic mass is 9.91. The van der Waals surface area contributed by atoms with Gasteiger partial charge in [0.15, 0.2) is 0 Å². The zero-order chi connectivity index (χ0) is 18.7. The summed E-state index contributed by atoms with van der Waals surface area (Å²) in [5.74, 6) is -3.77. The lowest BCUT2D eigenvalue weighted by molar-refractivity contribution is -0.235. The highest BCUT2D eigenvalue weighted by Crippen LogP contribution is 2.35. The number of hydrogen-bond donors (Lipinski definition) is 4. The first-order valence-corrected chi connectivity index (χ1v) is 9.57. The number of carbonyl (C=O) groups is 1. The predicted molar refractivity (Wildman–Crippen MR) is 97.9 cm³/mol. The van der Waals surface area contributed by atoms with Crippen LogP contribution in [0.5, 0.6) is 0 Å². The van der Waals surface area contributed by atoms with Gasteiger partial charge in [0, 0.05) is 0 Å². The van der Waals surface area contributed by atoms with Crippen LogP contribution in [0.3, 0.4) is 0 Å². The molecule has 0 amide bonds. The predicted octanol–water partition coefficient (Wildman–Crippen LogP) is 3.39. The molecule has 4 N–H and O–H groups in total. The van der Waals surface area contributed by atoms with Crippen molar-refractivity contribution >= 4 is 5.97 Å². The molecule has 1 aliphatic rings. The minimum absolute atomic E-state index is 0.0933. The second-order valence-electron chi connectivity index (χ2n) is 7.12. The average Bonchev–Trinajstić information content (AvgIpc) is 3.01. The van der Waals surface area contributed by atoms with Gasteiger partial charge in [-0.1, -0.05) is 56.9 Å². The van der Waals surface area contributed by atoms with Crippen molar-refractivity contribution in [3.05, 3.63) is 24.3 Å². The Kier molecular flexibility index (Phi) is 10.0. The van der Waals surface area contributed by atoms with E-state index in [1.165, 1.54) is 44.9 Å². The van der Waals surface area contributed by atoms with Crippen molar-refractivity contribution in [1.82, 2.24) is 0 Å². The van der Waals surface area contributed by atoms with Gasteiger partial charge in [-0.15, -0.1) is 0 Å². The van der Waals surface area contributed by atoms with Crippen LogP contribution < -0.4 is 0 Å². The first-order valence-electron chi connectivity index (χ1n) is 9.57. The molecular formula is C20H34O5. The summed E-state index contributed by atoms with van der Waals surface area (Å²) in [7, 11) is 0. The summed E-state index contributed by atoms with van der Waals surface area (Å²) in [5.41, 5.74) is 0. The quantitative estimate of drug-likeness (QED) is 0.245. The molecule has 0 unspecified atom stereocenters. The van der Waals surface area contributed by atoms with Gasteiger partial charge in [0.2, 0.25) is 0 Å². The van der Waals surface area contributed by atoms with Gasteiger partial charge in [-0.25, -0.2) is 4.79 Å². The first-order chi connectivity index (χ1) is 11.9. The summed E-state index contributed by atoms with van der Waals surface area (Å²) in [6, 6.07) is 0. The third kappa shape index (κ3) is 7.72. The average molecular weight is 354 g/mol. The summed E-state index contributed by atoms with van der Waals surface area (Å²) in [6.45, 7) is 2.22. The van der Waals surface area contributed by atoms with Crippen LogP contribution in [0.2, 0.25) is 0 Å². The Hall–Kier alpha value is -1.17. The molecule has 0 spiro atoms.